The molecule has 25 heavy (non-hydrogen) atoms. The molecule has 0 bridgehead atoms. The van der Waals surface area contributed by atoms with Crippen molar-refractivity contribution in [1.82, 2.24) is 4.90 Å². The van der Waals surface area contributed by atoms with Crippen LogP contribution in [0.2, 0.25) is 0 Å². The Hall–Kier alpha value is -3.41. The van der Waals surface area contributed by atoms with Gasteiger partial charge in [-0.2, -0.15) is 0 Å². The first-order chi connectivity index (χ1) is 12.0. The quantitative estimate of drug-likeness (QED) is 0.746. The monoisotopic (exact) mass is 336 g/mol. The van der Waals surface area contributed by atoms with E-state index >= 15 is 0 Å². The van der Waals surface area contributed by atoms with Crippen molar-refractivity contribution >= 4 is 28.5 Å². The van der Waals surface area contributed by atoms with Crippen LogP contribution in [0.5, 0.6) is 0 Å². The lowest BCUT2D eigenvalue weighted by atomic mass is 10.1. The number of carbonyl (C=O) groups excluding carboxylic acids is 2. The molecule has 126 valence electrons. The van der Waals surface area contributed by atoms with Crippen molar-refractivity contribution in [2.45, 2.75) is 0 Å². The van der Waals surface area contributed by atoms with Crippen LogP contribution in [0.3, 0.4) is 0 Å². The van der Waals surface area contributed by atoms with Crippen LogP contribution >= 0.6 is 0 Å². The number of rotatable bonds is 3. The third-order valence-electron chi connectivity index (χ3n) is 3.68. The molecule has 6 heteroatoms. The van der Waals surface area contributed by atoms with Gasteiger partial charge in [0.1, 0.15) is 11.1 Å². The lowest BCUT2D eigenvalue weighted by molar-refractivity contribution is 0.0827. The number of carbonyl (C=O) groups is 2. The molecule has 3 aromatic rings. The molecule has 1 aromatic heterocycles. The normalized spacial score (nSPS) is 10.5. The van der Waals surface area contributed by atoms with E-state index < -0.39 is 11.5 Å². The first-order valence-corrected chi connectivity index (χ1v) is 7.61. The largest absolute Gasteiger partial charge is 0.422 e. The van der Waals surface area contributed by atoms with Gasteiger partial charge in [0.2, 0.25) is 0 Å². The molecule has 0 saturated carbocycles. The molecule has 0 atom stereocenters. The van der Waals surface area contributed by atoms with Gasteiger partial charge in [0, 0.05) is 30.7 Å². The van der Waals surface area contributed by atoms with Crippen LogP contribution < -0.4 is 10.9 Å². The summed E-state index contributed by atoms with van der Waals surface area (Å²) in [4.78, 5) is 37.7. The number of amides is 2. The minimum atomic E-state index is -0.699. The molecule has 2 aromatic carbocycles. The zero-order valence-corrected chi connectivity index (χ0v) is 13.8. The molecule has 1 N–H and O–H groups in total. The Balaban J connectivity index is 1.84. The summed E-state index contributed by atoms with van der Waals surface area (Å²) in [5, 5.41) is 3.30. The summed E-state index contributed by atoms with van der Waals surface area (Å²) in [6, 6.07) is 14.9. The van der Waals surface area contributed by atoms with Crippen LogP contribution in [0.25, 0.3) is 11.0 Å². The summed E-state index contributed by atoms with van der Waals surface area (Å²) >= 11 is 0. The average Bonchev–Trinajstić information content (AvgIpc) is 2.61. The lowest BCUT2D eigenvalue weighted by Gasteiger charge is -2.11. The van der Waals surface area contributed by atoms with Gasteiger partial charge in [0.15, 0.2) is 0 Å². The molecule has 0 fully saturated rings. The SMILES string of the molecule is CN(C)C(=O)c1ccc(NC(=O)c2cc3ccccc3oc2=O)cc1. The Labute approximate surface area is 143 Å². The third kappa shape index (κ3) is 3.42. The summed E-state index contributed by atoms with van der Waals surface area (Å²) in [5.41, 5.74) is 0.638. The summed E-state index contributed by atoms with van der Waals surface area (Å²) in [6.07, 6.45) is 0. The van der Waals surface area contributed by atoms with Gasteiger partial charge in [-0.25, -0.2) is 4.79 Å². The molecule has 1 heterocycles. The van der Waals surface area contributed by atoms with Crippen LogP contribution in [-0.4, -0.2) is 30.8 Å². The van der Waals surface area contributed by atoms with E-state index in [-0.39, 0.29) is 11.5 Å². The Morgan fingerprint density at radius 1 is 1.00 bits per heavy atom. The highest BCUT2D eigenvalue weighted by atomic mass is 16.4. The molecule has 0 spiro atoms. The van der Waals surface area contributed by atoms with E-state index in [1.807, 2.05) is 0 Å². The third-order valence-corrected chi connectivity index (χ3v) is 3.68. The van der Waals surface area contributed by atoms with Gasteiger partial charge in [-0.3, -0.25) is 9.59 Å². The zero-order chi connectivity index (χ0) is 18.0. The summed E-state index contributed by atoms with van der Waals surface area (Å²) in [6.45, 7) is 0. The van der Waals surface area contributed by atoms with Gasteiger partial charge in [0.05, 0.1) is 0 Å². The number of para-hydroxylation sites is 1. The second kappa shape index (κ2) is 6.60. The summed E-state index contributed by atoms with van der Waals surface area (Å²) < 4.78 is 5.16. The van der Waals surface area contributed by atoms with Crippen LogP contribution in [0, 0.1) is 0 Å². The molecule has 6 nitrogen and oxygen atoms in total. The first kappa shape index (κ1) is 16.4. The molecule has 0 aliphatic rings. The number of hydrogen-bond donors (Lipinski definition) is 1. The van der Waals surface area contributed by atoms with Crippen molar-refractivity contribution in [1.29, 1.82) is 0 Å². The predicted molar refractivity (Wildman–Crippen MR) is 94.9 cm³/mol. The highest BCUT2D eigenvalue weighted by molar-refractivity contribution is 6.05. The Morgan fingerprint density at radius 2 is 1.68 bits per heavy atom. The van der Waals surface area contributed by atoms with Gasteiger partial charge in [-0.1, -0.05) is 18.2 Å². The second-order valence-corrected chi connectivity index (χ2v) is 5.72. The van der Waals surface area contributed by atoms with E-state index in [2.05, 4.69) is 5.32 Å². The molecule has 2 amide bonds. The van der Waals surface area contributed by atoms with E-state index in [4.69, 9.17) is 4.42 Å². The van der Waals surface area contributed by atoms with E-state index in [1.54, 1.807) is 62.6 Å². The summed E-state index contributed by atoms with van der Waals surface area (Å²) in [7, 11) is 3.33. The maximum atomic E-state index is 12.4. The van der Waals surface area contributed by atoms with Crippen molar-refractivity contribution in [3.05, 3.63) is 76.1 Å². The van der Waals surface area contributed by atoms with E-state index in [0.29, 0.717) is 22.2 Å². The molecular formula is C19H16N2O4. The van der Waals surface area contributed by atoms with E-state index in [1.165, 1.54) is 11.0 Å². The van der Waals surface area contributed by atoms with Crippen molar-refractivity contribution in [3.63, 3.8) is 0 Å². The predicted octanol–water partition coefficient (Wildman–Crippen LogP) is 2.75. The Morgan fingerprint density at radius 3 is 2.36 bits per heavy atom. The minimum Gasteiger partial charge on any atom is -0.422 e. The Bertz CT molecular complexity index is 1000. The van der Waals surface area contributed by atoms with E-state index in [9.17, 15) is 14.4 Å². The minimum absolute atomic E-state index is 0.0767. The molecular weight excluding hydrogens is 320 g/mol. The fourth-order valence-electron chi connectivity index (χ4n) is 2.37. The standard InChI is InChI=1S/C19H16N2O4/c1-21(2)18(23)12-7-9-14(10-8-12)20-17(22)15-11-13-5-3-4-6-16(13)25-19(15)24/h3-11H,1-2H3,(H,20,22). The maximum absolute atomic E-state index is 12.4. The fraction of sp³-hybridized carbons (Fsp3) is 0.105. The number of anilines is 1. The lowest BCUT2D eigenvalue weighted by Crippen LogP contribution is -2.22. The van der Waals surface area contributed by atoms with Gasteiger partial charge in [-0.05, 0) is 36.4 Å². The second-order valence-electron chi connectivity index (χ2n) is 5.72. The number of nitrogens with one attached hydrogen (secondary N) is 1. The molecule has 0 aliphatic heterocycles. The number of hydrogen-bond acceptors (Lipinski definition) is 4. The van der Waals surface area contributed by atoms with Crippen LogP contribution in [0.1, 0.15) is 20.7 Å². The molecule has 3 rings (SSSR count). The van der Waals surface area contributed by atoms with Gasteiger partial charge < -0.3 is 14.6 Å². The fourth-order valence-corrected chi connectivity index (χ4v) is 2.37. The van der Waals surface area contributed by atoms with Crippen molar-refractivity contribution in [3.8, 4) is 0 Å². The maximum Gasteiger partial charge on any atom is 0.349 e. The molecule has 0 saturated heterocycles. The van der Waals surface area contributed by atoms with Crippen molar-refractivity contribution in [2.75, 3.05) is 19.4 Å². The van der Waals surface area contributed by atoms with Crippen LogP contribution in [0.4, 0.5) is 5.69 Å². The Kier molecular flexibility index (Phi) is 4.35. The summed E-state index contributed by atoms with van der Waals surface area (Å²) in [5.74, 6) is -0.695. The van der Waals surface area contributed by atoms with Gasteiger partial charge in [0.25, 0.3) is 11.8 Å². The zero-order valence-electron chi connectivity index (χ0n) is 13.8. The smallest absolute Gasteiger partial charge is 0.349 e. The molecule has 0 unspecified atom stereocenters. The van der Waals surface area contributed by atoms with Gasteiger partial charge in [-0.15, -0.1) is 0 Å². The number of fused-ring (bicyclic) bond motifs is 1. The average molecular weight is 336 g/mol. The number of nitrogens with zero attached hydrogens (tertiary/aromatic N) is 1. The van der Waals surface area contributed by atoms with Crippen molar-refractivity contribution < 1.29 is 14.0 Å². The first-order valence-electron chi connectivity index (χ1n) is 7.61. The topological polar surface area (TPSA) is 79.6 Å². The van der Waals surface area contributed by atoms with E-state index in [0.717, 1.165) is 0 Å². The molecule has 0 aliphatic carbocycles. The van der Waals surface area contributed by atoms with Gasteiger partial charge >= 0.3 is 5.63 Å². The highest BCUT2D eigenvalue weighted by Crippen LogP contribution is 2.15. The highest BCUT2D eigenvalue weighted by Gasteiger charge is 2.14. The van der Waals surface area contributed by atoms with Crippen LogP contribution in [-0.2, 0) is 0 Å². The van der Waals surface area contributed by atoms with Crippen molar-refractivity contribution in [2.24, 2.45) is 0 Å². The molecule has 0 radical (unpaired) electrons. The van der Waals surface area contributed by atoms with Crippen LogP contribution in [0.15, 0.2) is 63.8 Å². The number of benzene rings is 2.